The van der Waals surface area contributed by atoms with Crippen LogP contribution in [0.15, 0.2) is 34.7 Å². The summed E-state index contributed by atoms with van der Waals surface area (Å²) in [5.74, 6) is 2.98. The number of rotatable bonds is 4. The number of hydrogen-bond donors (Lipinski definition) is 1. The molecule has 0 saturated carbocycles. The zero-order valence-corrected chi connectivity index (χ0v) is 12.3. The van der Waals surface area contributed by atoms with E-state index in [1.54, 1.807) is 0 Å². The van der Waals surface area contributed by atoms with Crippen LogP contribution in [0.3, 0.4) is 0 Å². The van der Waals surface area contributed by atoms with E-state index in [-0.39, 0.29) is 12.1 Å². The van der Waals surface area contributed by atoms with Crippen molar-refractivity contribution in [1.82, 2.24) is 5.32 Å². The molecule has 1 aliphatic rings. The van der Waals surface area contributed by atoms with E-state index in [1.807, 2.05) is 19.1 Å². The standard InChI is InChI=1S/C17H21NO2/c1-11-4-6-16(20-11)13(3)18-12(2)14-5-7-17-15(10-14)8-9-19-17/h4-7,10,12-13,18H,8-9H2,1-3H3. The lowest BCUT2D eigenvalue weighted by Gasteiger charge is -2.19. The second-order valence-electron chi connectivity index (χ2n) is 5.52. The predicted octanol–water partition coefficient (Wildman–Crippen LogP) is 3.93. The molecule has 1 aromatic heterocycles. The van der Waals surface area contributed by atoms with E-state index >= 15 is 0 Å². The molecule has 20 heavy (non-hydrogen) atoms. The molecular weight excluding hydrogens is 250 g/mol. The van der Waals surface area contributed by atoms with Crippen molar-refractivity contribution in [2.45, 2.75) is 39.3 Å². The van der Waals surface area contributed by atoms with Crippen molar-refractivity contribution in [2.24, 2.45) is 0 Å². The van der Waals surface area contributed by atoms with Crippen LogP contribution in [0, 0.1) is 6.92 Å². The first-order chi connectivity index (χ1) is 9.63. The lowest BCUT2D eigenvalue weighted by atomic mass is 10.0. The molecule has 0 aliphatic carbocycles. The topological polar surface area (TPSA) is 34.4 Å². The summed E-state index contributed by atoms with van der Waals surface area (Å²) >= 11 is 0. The van der Waals surface area contributed by atoms with Crippen LogP contribution in [0.5, 0.6) is 5.75 Å². The van der Waals surface area contributed by atoms with Gasteiger partial charge in [0.1, 0.15) is 17.3 Å². The molecule has 3 heteroatoms. The van der Waals surface area contributed by atoms with Crippen molar-refractivity contribution in [3.63, 3.8) is 0 Å². The number of aryl methyl sites for hydroxylation is 1. The number of ether oxygens (including phenoxy) is 1. The van der Waals surface area contributed by atoms with Crippen LogP contribution in [0.1, 0.15) is 48.6 Å². The van der Waals surface area contributed by atoms with Gasteiger partial charge in [-0.3, -0.25) is 0 Å². The van der Waals surface area contributed by atoms with E-state index in [0.29, 0.717) is 0 Å². The average molecular weight is 271 g/mol. The van der Waals surface area contributed by atoms with Crippen molar-refractivity contribution in [1.29, 1.82) is 0 Å². The Hall–Kier alpha value is -1.74. The van der Waals surface area contributed by atoms with Crippen molar-refractivity contribution in [3.8, 4) is 5.75 Å². The molecular formula is C17H21NO2. The fourth-order valence-electron chi connectivity index (χ4n) is 2.72. The minimum atomic E-state index is 0.197. The van der Waals surface area contributed by atoms with Gasteiger partial charge in [0.25, 0.3) is 0 Å². The van der Waals surface area contributed by atoms with E-state index in [9.17, 15) is 0 Å². The highest BCUT2D eigenvalue weighted by atomic mass is 16.5. The van der Waals surface area contributed by atoms with Crippen LogP contribution in [0.2, 0.25) is 0 Å². The smallest absolute Gasteiger partial charge is 0.122 e. The zero-order chi connectivity index (χ0) is 14.1. The van der Waals surface area contributed by atoms with E-state index in [4.69, 9.17) is 9.15 Å². The highest BCUT2D eigenvalue weighted by molar-refractivity contribution is 5.40. The van der Waals surface area contributed by atoms with Crippen molar-refractivity contribution < 1.29 is 9.15 Å². The Balaban J connectivity index is 1.71. The summed E-state index contributed by atoms with van der Waals surface area (Å²) in [5.41, 5.74) is 2.61. The molecule has 1 aliphatic heterocycles. The summed E-state index contributed by atoms with van der Waals surface area (Å²) in [5, 5.41) is 3.58. The van der Waals surface area contributed by atoms with Crippen molar-refractivity contribution in [3.05, 3.63) is 53.0 Å². The van der Waals surface area contributed by atoms with Crippen LogP contribution in [0.25, 0.3) is 0 Å². The molecule has 1 aromatic carbocycles. The molecule has 1 N–H and O–H groups in total. The maximum Gasteiger partial charge on any atom is 0.122 e. The van der Waals surface area contributed by atoms with Gasteiger partial charge in [-0.15, -0.1) is 0 Å². The van der Waals surface area contributed by atoms with Crippen LogP contribution in [-0.2, 0) is 6.42 Å². The molecule has 0 amide bonds. The number of furan rings is 1. The summed E-state index contributed by atoms with van der Waals surface area (Å²) in [6, 6.07) is 11.0. The number of nitrogens with one attached hydrogen (secondary N) is 1. The van der Waals surface area contributed by atoms with Gasteiger partial charge in [-0.2, -0.15) is 0 Å². The predicted molar refractivity (Wildman–Crippen MR) is 79.1 cm³/mol. The largest absolute Gasteiger partial charge is 0.493 e. The third-order valence-corrected chi connectivity index (χ3v) is 3.90. The van der Waals surface area contributed by atoms with Gasteiger partial charge in [0, 0.05) is 12.5 Å². The number of hydrogen-bond acceptors (Lipinski definition) is 3. The first-order valence-electron chi connectivity index (χ1n) is 7.21. The third-order valence-electron chi connectivity index (χ3n) is 3.90. The van der Waals surface area contributed by atoms with E-state index in [0.717, 1.165) is 30.3 Å². The lowest BCUT2D eigenvalue weighted by Crippen LogP contribution is -2.22. The fourth-order valence-corrected chi connectivity index (χ4v) is 2.72. The molecule has 0 radical (unpaired) electrons. The second-order valence-corrected chi connectivity index (χ2v) is 5.52. The van der Waals surface area contributed by atoms with Gasteiger partial charge in [0.05, 0.1) is 12.6 Å². The minimum Gasteiger partial charge on any atom is -0.493 e. The first-order valence-corrected chi connectivity index (χ1v) is 7.21. The van der Waals surface area contributed by atoms with Crippen molar-refractivity contribution >= 4 is 0 Å². The Kier molecular flexibility index (Phi) is 3.53. The Morgan fingerprint density at radius 2 is 1.95 bits per heavy atom. The van der Waals surface area contributed by atoms with Crippen molar-refractivity contribution in [2.75, 3.05) is 6.61 Å². The zero-order valence-electron chi connectivity index (χ0n) is 12.3. The molecule has 106 valence electrons. The SMILES string of the molecule is Cc1ccc(C(C)NC(C)c2ccc3c(c2)CCO3)o1. The van der Waals surface area contributed by atoms with Gasteiger partial charge >= 0.3 is 0 Å². The molecule has 0 saturated heterocycles. The molecule has 2 heterocycles. The van der Waals surface area contributed by atoms with Crippen LogP contribution < -0.4 is 10.1 Å². The van der Waals surface area contributed by atoms with Crippen LogP contribution in [0.4, 0.5) is 0 Å². The summed E-state index contributed by atoms with van der Waals surface area (Å²) in [6.45, 7) is 7.10. The molecule has 0 fully saturated rings. The highest BCUT2D eigenvalue weighted by Crippen LogP contribution is 2.29. The summed E-state index contributed by atoms with van der Waals surface area (Å²) in [7, 11) is 0. The van der Waals surface area contributed by atoms with E-state index in [2.05, 4.69) is 37.4 Å². The van der Waals surface area contributed by atoms with E-state index in [1.165, 1.54) is 11.1 Å². The monoisotopic (exact) mass is 271 g/mol. The van der Waals surface area contributed by atoms with Gasteiger partial charge in [-0.25, -0.2) is 0 Å². The number of fused-ring (bicyclic) bond motifs is 1. The highest BCUT2D eigenvalue weighted by Gasteiger charge is 2.17. The quantitative estimate of drug-likeness (QED) is 0.914. The maximum absolute atomic E-state index is 5.67. The molecule has 3 nitrogen and oxygen atoms in total. The Morgan fingerprint density at radius 1 is 1.10 bits per heavy atom. The molecule has 0 bridgehead atoms. The summed E-state index contributed by atoms with van der Waals surface area (Å²) in [6.07, 6.45) is 1.02. The van der Waals surface area contributed by atoms with Gasteiger partial charge in [0.2, 0.25) is 0 Å². The Labute approximate surface area is 119 Å². The Bertz CT molecular complexity index is 603. The molecule has 0 spiro atoms. The number of benzene rings is 1. The Morgan fingerprint density at radius 3 is 2.70 bits per heavy atom. The normalized spacial score (nSPS) is 16.6. The molecule has 2 aromatic rings. The van der Waals surface area contributed by atoms with Gasteiger partial charge in [-0.05, 0) is 50.1 Å². The van der Waals surface area contributed by atoms with Gasteiger partial charge in [0.15, 0.2) is 0 Å². The van der Waals surface area contributed by atoms with Gasteiger partial charge < -0.3 is 14.5 Å². The summed E-state index contributed by atoms with van der Waals surface area (Å²) in [4.78, 5) is 0. The van der Waals surface area contributed by atoms with Gasteiger partial charge in [-0.1, -0.05) is 12.1 Å². The molecule has 2 unspecified atom stereocenters. The fraction of sp³-hybridized carbons (Fsp3) is 0.412. The average Bonchev–Trinajstić information content (AvgIpc) is 3.05. The third kappa shape index (κ3) is 2.59. The molecule has 2 atom stereocenters. The van der Waals surface area contributed by atoms with Crippen LogP contribution in [-0.4, -0.2) is 6.61 Å². The van der Waals surface area contributed by atoms with Crippen LogP contribution >= 0.6 is 0 Å². The summed E-state index contributed by atoms with van der Waals surface area (Å²) < 4.78 is 11.2. The first kappa shape index (κ1) is 13.3. The maximum atomic E-state index is 5.67. The molecule has 3 rings (SSSR count). The minimum absolute atomic E-state index is 0.197. The lowest BCUT2D eigenvalue weighted by molar-refractivity contribution is 0.356. The second kappa shape index (κ2) is 5.33. The van der Waals surface area contributed by atoms with E-state index < -0.39 is 0 Å².